The molecular weight excluding hydrogens is 252 g/mol. The highest BCUT2D eigenvalue weighted by Gasteiger charge is 2.42. The molecule has 0 saturated carbocycles. The molecule has 0 N–H and O–H groups in total. The molecule has 0 saturated heterocycles. The van der Waals surface area contributed by atoms with Crippen LogP contribution in [-0.2, 0) is 16.6 Å². The van der Waals surface area contributed by atoms with Crippen LogP contribution in [0.15, 0.2) is 22.7 Å². The van der Waals surface area contributed by atoms with E-state index in [4.69, 9.17) is 0 Å². The Morgan fingerprint density at radius 1 is 1.33 bits per heavy atom. The Morgan fingerprint density at radius 3 is 2.60 bits per heavy atom. The van der Waals surface area contributed by atoms with E-state index in [2.05, 4.69) is 41.9 Å². The summed E-state index contributed by atoms with van der Waals surface area (Å²) in [5.74, 6) is 0.389. The number of hydrogen-bond acceptors (Lipinski definition) is 1. The van der Waals surface area contributed by atoms with E-state index in [0.29, 0.717) is 12.2 Å². The second kappa shape index (κ2) is 3.75. The SMILES string of the molecule is CCC1(CC)C(=O)Cc2cc(Br)ccc21. The highest BCUT2D eigenvalue weighted by molar-refractivity contribution is 9.10. The van der Waals surface area contributed by atoms with E-state index in [0.717, 1.165) is 17.3 Å². The van der Waals surface area contributed by atoms with Gasteiger partial charge < -0.3 is 0 Å². The number of carbonyl (C=O) groups is 1. The minimum absolute atomic E-state index is 0.198. The molecular formula is C13H15BrO. The van der Waals surface area contributed by atoms with Gasteiger partial charge in [0, 0.05) is 10.9 Å². The van der Waals surface area contributed by atoms with E-state index in [1.54, 1.807) is 0 Å². The number of hydrogen-bond donors (Lipinski definition) is 0. The molecule has 2 rings (SSSR count). The molecule has 1 aliphatic rings. The highest BCUT2D eigenvalue weighted by Crippen LogP contribution is 2.42. The Labute approximate surface area is 99.0 Å². The molecule has 0 amide bonds. The number of ketones is 1. The summed E-state index contributed by atoms with van der Waals surface area (Å²) in [7, 11) is 0. The zero-order chi connectivity index (χ0) is 11.1. The van der Waals surface area contributed by atoms with E-state index in [1.807, 2.05) is 6.07 Å². The second-order valence-corrected chi connectivity index (χ2v) is 5.11. The standard InChI is InChI=1S/C13H15BrO/c1-3-13(4-2)11-6-5-10(14)7-9(11)8-12(13)15/h5-7H,3-4,8H2,1-2H3. The zero-order valence-corrected chi connectivity index (χ0v) is 10.7. The first-order chi connectivity index (χ1) is 7.14. The average Bonchev–Trinajstić information content (AvgIpc) is 2.49. The number of Topliss-reactive ketones (excluding diaryl/α,β-unsaturated/α-hetero) is 1. The molecule has 15 heavy (non-hydrogen) atoms. The van der Waals surface area contributed by atoms with Gasteiger partial charge in [0.15, 0.2) is 0 Å². The van der Waals surface area contributed by atoms with Crippen LogP contribution in [0, 0.1) is 0 Å². The highest BCUT2D eigenvalue weighted by atomic mass is 79.9. The van der Waals surface area contributed by atoms with Crippen molar-refractivity contribution in [1.82, 2.24) is 0 Å². The van der Waals surface area contributed by atoms with Crippen molar-refractivity contribution in [2.45, 2.75) is 38.5 Å². The molecule has 0 fully saturated rings. The van der Waals surface area contributed by atoms with Crippen molar-refractivity contribution in [2.75, 3.05) is 0 Å². The van der Waals surface area contributed by atoms with Gasteiger partial charge in [-0.25, -0.2) is 0 Å². The van der Waals surface area contributed by atoms with Crippen molar-refractivity contribution in [2.24, 2.45) is 0 Å². The van der Waals surface area contributed by atoms with Crippen LogP contribution in [0.1, 0.15) is 37.8 Å². The lowest BCUT2D eigenvalue weighted by atomic mass is 9.76. The van der Waals surface area contributed by atoms with E-state index in [1.165, 1.54) is 11.1 Å². The minimum Gasteiger partial charge on any atom is -0.298 e. The number of benzene rings is 1. The molecule has 0 heterocycles. The third-order valence-corrected chi connectivity index (χ3v) is 4.17. The lowest BCUT2D eigenvalue weighted by Crippen LogP contribution is -2.30. The van der Waals surface area contributed by atoms with Gasteiger partial charge in [-0.15, -0.1) is 0 Å². The van der Waals surface area contributed by atoms with Gasteiger partial charge in [-0.05, 0) is 36.1 Å². The summed E-state index contributed by atoms with van der Waals surface area (Å²) in [6, 6.07) is 6.23. The van der Waals surface area contributed by atoms with Crippen molar-refractivity contribution in [3.8, 4) is 0 Å². The molecule has 1 aliphatic carbocycles. The van der Waals surface area contributed by atoms with Crippen LogP contribution in [0.2, 0.25) is 0 Å². The Morgan fingerprint density at radius 2 is 2.00 bits per heavy atom. The van der Waals surface area contributed by atoms with Crippen molar-refractivity contribution < 1.29 is 4.79 Å². The second-order valence-electron chi connectivity index (χ2n) is 4.19. The van der Waals surface area contributed by atoms with E-state index in [-0.39, 0.29) is 5.41 Å². The molecule has 0 aromatic heterocycles. The Balaban J connectivity index is 2.59. The van der Waals surface area contributed by atoms with Gasteiger partial charge in [-0.1, -0.05) is 35.8 Å². The monoisotopic (exact) mass is 266 g/mol. The molecule has 80 valence electrons. The molecule has 0 aliphatic heterocycles. The third-order valence-electron chi connectivity index (χ3n) is 3.67. The van der Waals surface area contributed by atoms with Gasteiger partial charge in [0.05, 0.1) is 5.41 Å². The Hall–Kier alpha value is -0.630. The van der Waals surface area contributed by atoms with Crippen LogP contribution in [0.5, 0.6) is 0 Å². The van der Waals surface area contributed by atoms with Crippen LogP contribution in [-0.4, -0.2) is 5.78 Å². The average molecular weight is 267 g/mol. The minimum atomic E-state index is -0.198. The predicted molar refractivity (Wildman–Crippen MR) is 65.1 cm³/mol. The molecule has 1 nitrogen and oxygen atoms in total. The van der Waals surface area contributed by atoms with Gasteiger partial charge in [0.1, 0.15) is 5.78 Å². The van der Waals surface area contributed by atoms with Crippen LogP contribution in [0.25, 0.3) is 0 Å². The maximum Gasteiger partial charge on any atom is 0.147 e. The summed E-state index contributed by atoms with van der Waals surface area (Å²) in [5, 5.41) is 0. The predicted octanol–water partition coefficient (Wildman–Crippen LogP) is 3.63. The van der Waals surface area contributed by atoms with Gasteiger partial charge in [0.25, 0.3) is 0 Å². The first-order valence-corrected chi connectivity index (χ1v) is 6.25. The first-order valence-electron chi connectivity index (χ1n) is 5.46. The lowest BCUT2D eigenvalue weighted by Gasteiger charge is -2.25. The van der Waals surface area contributed by atoms with Gasteiger partial charge in [-0.2, -0.15) is 0 Å². The van der Waals surface area contributed by atoms with Crippen molar-refractivity contribution >= 4 is 21.7 Å². The third kappa shape index (κ3) is 1.46. The van der Waals surface area contributed by atoms with Crippen molar-refractivity contribution in [1.29, 1.82) is 0 Å². The van der Waals surface area contributed by atoms with E-state index >= 15 is 0 Å². The Bertz CT molecular complexity index is 405. The Kier molecular flexibility index (Phi) is 2.72. The molecule has 0 atom stereocenters. The summed E-state index contributed by atoms with van der Waals surface area (Å²) >= 11 is 3.45. The lowest BCUT2D eigenvalue weighted by molar-refractivity contribution is -0.123. The summed E-state index contributed by atoms with van der Waals surface area (Å²) < 4.78 is 1.07. The molecule has 0 bridgehead atoms. The quantitative estimate of drug-likeness (QED) is 0.799. The van der Waals surface area contributed by atoms with Gasteiger partial charge in [-0.3, -0.25) is 4.79 Å². The van der Waals surface area contributed by atoms with Crippen LogP contribution in [0.3, 0.4) is 0 Å². The molecule has 0 unspecified atom stereocenters. The maximum atomic E-state index is 12.1. The topological polar surface area (TPSA) is 17.1 Å². The molecule has 0 radical (unpaired) electrons. The largest absolute Gasteiger partial charge is 0.298 e. The number of halogens is 1. The summed E-state index contributed by atoms with van der Waals surface area (Å²) in [6.07, 6.45) is 2.43. The summed E-state index contributed by atoms with van der Waals surface area (Å²) in [5.41, 5.74) is 2.26. The van der Waals surface area contributed by atoms with E-state index < -0.39 is 0 Å². The van der Waals surface area contributed by atoms with Crippen LogP contribution < -0.4 is 0 Å². The van der Waals surface area contributed by atoms with Gasteiger partial charge in [0.2, 0.25) is 0 Å². The molecule has 1 aromatic carbocycles. The first kappa shape index (κ1) is 10.9. The van der Waals surface area contributed by atoms with Crippen molar-refractivity contribution in [3.05, 3.63) is 33.8 Å². The number of fused-ring (bicyclic) bond motifs is 1. The van der Waals surface area contributed by atoms with Crippen molar-refractivity contribution in [3.63, 3.8) is 0 Å². The fourth-order valence-electron chi connectivity index (χ4n) is 2.69. The molecule has 2 heteroatoms. The number of carbonyl (C=O) groups excluding carboxylic acids is 1. The molecule has 0 spiro atoms. The van der Waals surface area contributed by atoms with Gasteiger partial charge >= 0.3 is 0 Å². The number of rotatable bonds is 2. The summed E-state index contributed by atoms with van der Waals surface area (Å²) in [4.78, 5) is 12.1. The molecule has 1 aromatic rings. The fourth-order valence-corrected chi connectivity index (χ4v) is 3.10. The fraction of sp³-hybridized carbons (Fsp3) is 0.462. The zero-order valence-electron chi connectivity index (χ0n) is 9.14. The maximum absolute atomic E-state index is 12.1. The van der Waals surface area contributed by atoms with E-state index in [9.17, 15) is 4.79 Å². The smallest absolute Gasteiger partial charge is 0.147 e. The van der Waals surface area contributed by atoms with Crippen LogP contribution >= 0.6 is 15.9 Å². The van der Waals surface area contributed by atoms with Crippen LogP contribution in [0.4, 0.5) is 0 Å². The normalized spacial score (nSPS) is 17.9. The summed E-state index contributed by atoms with van der Waals surface area (Å²) in [6.45, 7) is 4.22.